The van der Waals surface area contributed by atoms with Crippen LogP contribution >= 0.6 is 0 Å². The van der Waals surface area contributed by atoms with E-state index in [-0.39, 0.29) is 18.0 Å². The van der Waals surface area contributed by atoms with Crippen LogP contribution in [0.2, 0.25) is 0 Å². The molecule has 20 heavy (non-hydrogen) atoms. The minimum absolute atomic E-state index is 0.0299. The summed E-state index contributed by atoms with van der Waals surface area (Å²) in [6.07, 6.45) is 2.07. The van der Waals surface area contributed by atoms with Gasteiger partial charge in [-0.05, 0) is 44.0 Å². The van der Waals surface area contributed by atoms with E-state index < -0.39 is 0 Å². The summed E-state index contributed by atoms with van der Waals surface area (Å²) in [7, 11) is 1.55. The molecule has 0 bridgehead atoms. The van der Waals surface area contributed by atoms with Crippen LogP contribution in [0.15, 0.2) is 24.3 Å². The first-order valence-corrected chi connectivity index (χ1v) is 6.65. The van der Waals surface area contributed by atoms with Gasteiger partial charge in [0.25, 0.3) is 0 Å². The van der Waals surface area contributed by atoms with Crippen LogP contribution < -0.4 is 21.7 Å². The van der Waals surface area contributed by atoms with Gasteiger partial charge >= 0.3 is 6.03 Å². The van der Waals surface area contributed by atoms with E-state index in [2.05, 4.69) is 16.0 Å². The van der Waals surface area contributed by atoms with Crippen LogP contribution in [0.3, 0.4) is 0 Å². The summed E-state index contributed by atoms with van der Waals surface area (Å²) in [5.41, 5.74) is 7.00. The molecule has 0 heterocycles. The SMILES string of the molecule is CNC(=O)Nc1ccc(NC(=O)CCCC(C)N)cc1. The molecule has 1 rings (SSSR count). The number of nitrogens with one attached hydrogen (secondary N) is 3. The van der Waals surface area contributed by atoms with Gasteiger partial charge in [-0.25, -0.2) is 4.79 Å². The summed E-state index contributed by atoms with van der Waals surface area (Å²) in [4.78, 5) is 22.8. The van der Waals surface area contributed by atoms with Gasteiger partial charge in [-0.15, -0.1) is 0 Å². The maximum Gasteiger partial charge on any atom is 0.318 e. The summed E-state index contributed by atoms with van der Waals surface area (Å²) in [6.45, 7) is 1.93. The molecule has 0 radical (unpaired) electrons. The summed E-state index contributed by atoms with van der Waals surface area (Å²) >= 11 is 0. The molecular weight excluding hydrogens is 256 g/mol. The molecule has 1 atom stereocenters. The Morgan fingerprint density at radius 2 is 1.70 bits per heavy atom. The van der Waals surface area contributed by atoms with Gasteiger partial charge in [0.05, 0.1) is 0 Å². The summed E-state index contributed by atoms with van der Waals surface area (Å²) in [5.74, 6) is -0.0299. The number of carbonyl (C=O) groups is 2. The highest BCUT2D eigenvalue weighted by molar-refractivity contribution is 5.92. The molecule has 1 unspecified atom stereocenters. The van der Waals surface area contributed by atoms with E-state index in [1.165, 1.54) is 0 Å². The third kappa shape index (κ3) is 6.19. The Kier molecular flexibility index (Phi) is 6.52. The van der Waals surface area contributed by atoms with E-state index in [0.29, 0.717) is 17.8 Å². The van der Waals surface area contributed by atoms with Crippen molar-refractivity contribution in [2.45, 2.75) is 32.2 Å². The van der Waals surface area contributed by atoms with Gasteiger partial charge in [0.2, 0.25) is 5.91 Å². The Balaban J connectivity index is 2.40. The zero-order valence-electron chi connectivity index (χ0n) is 11.9. The van der Waals surface area contributed by atoms with Crippen molar-refractivity contribution in [2.24, 2.45) is 5.73 Å². The van der Waals surface area contributed by atoms with E-state index in [1.54, 1.807) is 31.3 Å². The zero-order valence-corrected chi connectivity index (χ0v) is 11.9. The maximum absolute atomic E-state index is 11.7. The number of carbonyl (C=O) groups excluding carboxylic acids is 2. The van der Waals surface area contributed by atoms with Crippen LogP contribution in [0, 0.1) is 0 Å². The van der Waals surface area contributed by atoms with Gasteiger partial charge in [0, 0.05) is 30.9 Å². The van der Waals surface area contributed by atoms with Crippen molar-refractivity contribution in [2.75, 3.05) is 17.7 Å². The third-order valence-electron chi connectivity index (χ3n) is 2.72. The molecule has 6 nitrogen and oxygen atoms in total. The van der Waals surface area contributed by atoms with Crippen LogP contribution in [0.4, 0.5) is 16.2 Å². The lowest BCUT2D eigenvalue weighted by Gasteiger charge is -2.08. The molecule has 5 N–H and O–H groups in total. The van der Waals surface area contributed by atoms with E-state index in [0.717, 1.165) is 12.8 Å². The lowest BCUT2D eigenvalue weighted by Crippen LogP contribution is -2.24. The smallest absolute Gasteiger partial charge is 0.318 e. The number of anilines is 2. The van der Waals surface area contributed by atoms with Gasteiger partial charge in [0.1, 0.15) is 0 Å². The average Bonchev–Trinajstić information content (AvgIpc) is 2.40. The van der Waals surface area contributed by atoms with Crippen molar-refractivity contribution in [1.82, 2.24) is 5.32 Å². The average molecular weight is 278 g/mol. The third-order valence-corrected chi connectivity index (χ3v) is 2.72. The highest BCUT2D eigenvalue weighted by atomic mass is 16.2. The Bertz CT molecular complexity index is 443. The fourth-order valence-electron chi connectivity index (χ4n) is 1.64. The number of nitrogens with two attached hydrogens (primary N) is 1. The fraction of sp³-hybridized carbons (Fsp3) is 0.429. The second kappa shape index (κ2) is 8.16. The highest BCUT2D eigenvalue weighted by Crippen LogP contribution is 2.14. The van der Waals surface area contributed by atoms with E-state index >= 15 is 0 Å². The Morgan fingerprint density at radius 1 is 1.15 bits per heavy atom. The molecule has 0 aliphatic carbocycles. The molecule has 110 valence electrons. The first kappa shape index (κ1) is 16.0. The van der Waals surface area contributed by atoms with Gasteiger partial charge < -0.3 is 21.7 Å². The molecule has 0 aliphatic rings. The quantitative estimate of drug-likeness (QED) is 0.640. The molecule has 0 fully saturated rings. The minimum atomic E-state index is -0.280. The molecule has 0 saturated heterocycles. The molecule has 6 heteroatoms. The van der Waals surface area contributed by atoms with Crippen LogP contribution in [-0.2, 0) is 4.79 Å². The van der Waals surface area contributed by atoms with Crippen molar-refractivity contribution >= 4 is 23.3 Å². The summed E-state index contributed by atoms with van der Waals surface area (Å²) in [5, 5.41) is 7.91. The molecule has 1 aromatic rings. The Labute approximate surface area is 119 Å². The van der Waals surface area contributed by atoms with Crippen LogP contribution in [0.25, 0.3) is 0 Å². The molecule has 1 aromatic carbocycles. The van der Waals surface area contributed by atoms with Gasteiger partial charge in [-0.2, -0.15) is 0 Å². The predicted molar refractivity (Wildman–Crippen MR) is 80.7 cm³/mol. The van der Waals surface area contributed by atoms with Crippen molar-refractivity contribution < 1.29 is 9.59 Å². The number of amides is 3. The van der Waals surface area contributed by atoms with E-state index in [4.69, 9.17) is 5.73 Å². The molecule has 0 saturated carbocycles. The minimum Gasteiger partial charge on any atom is -0.341 e. The van der Waals surface area contributed by atoms with Crippen molar-refractivity contribution in [3.63, 3.8) is 0 Å². The van der Waals surface area contributed by atoms with Crippen molar-refractivity contribution in [1.29, 1.82) is 0 Å². The topological polar surface area (TPSA) is 96.2 Å². The highest BCUT2D eigenvalue weighted by Gasteiger charge is 2.04. The number of hydrogen-bond donors (Lipinski definition) is 4. The fourth-order valence-corrected chi connectivity index (χ4v) is 1.64. The largest absolute Gasteiger partial charge is 0.341 e. The number of rotatable bonds is 6. The van der Waals surface area contributed by atoms with E-state index in [1.807, 2.05) is 6.92 Å². The zero-order chi connectivity index (χ0) is 15.0. The normalized spacial score (nSPS) is 11.6. The second-order valence-electron chi connectivity index (χ2n) is 4.70. The first-order chi connectivity index (χ1) is 9.51. The summed E-state index contributed by atoms with van der Waals surface area (Å²) in [6, 6.07) is 6.79. The van der Waals surface area contributed by atoms with Crippen LogP contribution in [-0.4, -0.2) is 25.0 Å². The van der Waals surface area contributed by atoms with Crippen LogP contribution in [0.5, 0.6) is 0 Å². The first-order valence-electron chi connectivity index (χ1n) is 6.65. The number of hydrogen-bond acceptors (Lipinski definition) is 3. The Hall–Kier alpha value is -2.08. The molecule has 3 amide bonds. The Morgan fingerprint density at radius 3 is 2.20 bits per heavy atom. The molecule has 0 spiro atoms. The van der Waals surface area contributed by atoms with Crippen molar-refractivity contribution in [3.8, 4) is 0 Å². The lowest BCUT2D eigenvalue weighted by atomic mass is 10.1. The van der Waals surface area contributed by atoms with Crippen LogP contribution in [0.1, 0.15) is 26.2 Å². The molecule has 0 aliphatic heterocycles. The van der Waals surface area contributed by atoms with Gasteiger partial charge in [0.15, 0.2) is 0 Å². The monoisotopic (exact) mass is 278 g/mol. The predicted octanol–water partition coefficient (Wildman–Crippen LogP) is 1.89. The van der Waals surface area contributed by atoms with E-state index in [9.17, 15) is 9.59 Å². The van der Waals surface area contributed by atoms with Gasteiger partial charge in [-0.1, -0.05) is 0 Å². The summed E-state index contributed by atoms with van der Waals surface area (Å²) < 4.78 is 0. The molecule has 0 aromatic heterocycles. The number of benzene rings is 1. The number of urea groups is 1. The second-order valence-corrected chi connectivity index (χ2v) is 4.70. The molecular formula is C14H22N4O2. The van der Waals surface area contributed by atoms with Gasteiger partial charge in [-0.3, -0.25) is 4.79 Å². The lowest BCUT2D eigenvalue weighted by molar-refractivity contribution is -0.116. The van der Waals surface area contributed by atoms with Crippen molar-refractivity contribution in [3.05, 3.63) is 24.3 Å². The maximum atomic E-state index is 11.7. The standard InChI is InChI=1S/C14H22N4O2/c1-10(15)4-3-5-13(19)17-11-6-8-12(9-7-11)18-14(20)16-2/h6-10H,3-5,15H2,1-2H3,(H,17,19)(H2,16,18,20).